The zero-order chi connectivity index (χ0) is 14.8. The minimum Gasteiger partial charge on any atom is -0.461 e. The van der Waals surface area contributed by atoms with Crippen LogP contribution in [0.25, 0.3) is 10.8 Å². The minimum atomic E-state index is -4.24. The molecule has 0 atom stereocenters. The van der Waals surface area contributed by atoms with Gasteiger partial charge in [0.2, 0.25) is 0 Å². The molecule has 20 heavy (non-hydrogen) atoms. The second-order valence-corrected chi connectivity index (χ2v) is 4.00. The van der Waals surface area contributed by atoms with Crippen LogP contribution in [0, 0.1) is 0 Å². The summed E-state index contributed by atoms with van der Waals surface area (Å²) in [5.74, 6) is -7.76. The molecule has 0 saturated heterocycles. The first-order chi connectivity index (χ1) is 9.48. The normalized spacial score (nSPS) is 11.3. The SMILES string of the molecule is CCOC(=O)C(F)(F)C(=O)c1nccc2ccccc12. The maximum atomic E-state index is 13.7. The fourth-order valence-electron chi connectivity index (χ4n) is 1.76. The topological polar surface area (TPSA) is 56.3 Å². The van der Waals surface area contributed by atoms with Crippen molar-refractivity contribution in [1.29, 1.82) is 0 Å². The number of carbonyl (C=O) groups is 2. The Morgan fingerprint density at radius 2 is 1.95 bits per heavy atom. The number of halogens is 2. The lowest BCUT2D eigenvalue weighted by molar-refractivity contribution is -0.164. The number of alkyl halides is 2. The highest BCUT2D eigenvalue weighted by Gasteiger charge is 2.50. The Bertz CT molecular complexity index is 665. The quantitative estimate of drug-likeness (QED) is 0.490. The lowest BCUT2D eigenvalue weighted by Crippen LogP contribution is -2.40. The van der Waals surface area contributed by atoms with Gasteiger partial charge in [-0.05, 0) is 18.4 Å². The highest BCUT2D eigenvalue weighted by molar-refractivity contribution is 6.17. The molecule has 0 amide bonds. The lowest BCUT2D eigenvalue weighted by Gasteiger charge is -2.13. The molecule has 0 spiro atoms. The maximum absolute atomic E-state index is 13.7. The molecule has 1 aromatic heterocycles. The Kier molecular flexibility index (Phi) is 3.74. The zero-order valence-electron chi connectivity index (χ0n) is 10.6. The third-order valence-electron chi connectivity index (χ3n) is 2.71. The number of ketones is 1. The number of hydrogen-bond donors (Lipinski definition) is 0. The van der Waals surface area contributed by atoms with E-state index in [-0.39, 0.29) is 12.0 Å². The molecule has 104 valence electrons. The van der Waals surface area contributed by atoms with Gasteiger partial charge in [-0.25, -0.2) is 4.79 Å². The van der Waals surface area contributed by atoms with Crippen LogP contribution >= 0.6 is 0 Å². The fraction of sp³-hybridized carbons (Fsp3) is 0.214. The van der Waals surface area contributed by atoms with Crippen molar-refractivity contribution >= 4 is 22.5 Å². The smallest absolute Gasteiger partial charge is 0.405 e. The summed E-state index contributed by atoms with van der Waals surface area (Å²) in [7, 11) is 0. The van der Waals surface area contributed by atoms with Crippen LogP contribution in [0.3, 0.4) is 0 Å². The van der Waals surface area contributed by atoms with Gasteiger partial charge < -0.3 is 4.74 Å². The molecule has 2 rings (SSSR count). The number of pyridine rings is 1. The molecule has 1 heterocycles. The van der Waals surface area contributed by atoms with Gasteiger partial charge >= 0.3 is 11.9 Å². The first-order valence-electron chi connectivity index (χ1n) is 5.92. The predicted octanol–water partition coefficient (Wildman–Crippen LogP) is 2.62. The molecule has 0 fully saturated rings. The van der Waals surface area contributed by atoms with E-state index in [4.69, 9.17) is 0 Å². The number of rotatable bonds is 4. The summed E-state index contributed by atoms with van der Waals surface area (Å²) < 4.78 is 31.7. The first-order valence-corrected chi connectivity index (χ1v) is 5.92. The average molecular weight is 279 g/mol. The molecule has 1 aromatic carbocycles. The summed E-state index contributed by atoms with van der Waals surface area (Å²) >= 11 is 0. The predicted molar refractivity (Wildman–Crippen MR) is 67.7 cm³/mol. The largest absolute Gasteiger partial charge is 0.461 e. The Morgan fingerprint density at radius 1 is 1.25 bits per heavy atom. The Hall–Kier alpha value is -2.37. The van der Waals surface area contributed by atoms with E-state index in [1.807, 2.05) is 0 Å². The summed E-state index contributed by atoms with van der Waals surface area (Å²) in [6.07, 6.45) is 1.25. The highest BCUT2D eigenvalue weighted by atomic mass is 19.3. The van der Waals surface area contributed by atoms with Crippen molar-refractivity contribution in [1.82, 2.24) is 4.98 Å². The van der Waals surface area contributed by atoms with Crippen LogP contribution in [0.4, 0.5) is 8.78 Å². The second-order valence-electron chi connectivity index (χ2n) is 4.00. The van der Waals surface area contributed by atoms with Gasteiger partial charge in [-0.2, -0.15) is 8.78 Å². The van der Waals surface area contributed by atoms with E-state index in [0.29, 0.717) is 5.39 Å². The number of fused-ring (bicyclic) bond motifs is 1. The third kappa shape index (κ3) is 2.36. The van der Waals surface area contributed by atoms with E-state index < -0.39 is 23.4 Å². The van der Waals surface area contributed by atoms with Crippen molar-refractivity contribution in [2.24, 2.45) is 0 Å². The molecule has 0 bridgehead atoms. The van der Waals surface area contributed by atoms with Gasteiger partial charge in [-0.1, -0.05) is 24.3 Å². The van der Waals surface area contributed by atoms with E-state index in [1.54, 1.807) is 24.3 Å². The molecule has 4 nitrogen and oxygen atoms in total. The van der Waals surface area contributed by atoms with Crippen molar-refractivity contribution in [3.05, 3.63) is 42.2 Å². The molecule has 2 aromatic rings. The van der Waals surface area contributed by atoms with Crippen LogP contribution in [0.1, 0.15) is 17.4 Å². The zero-order valence-corrected chi connectivity index (χ0v) is 10.6. The molecular weight excluding hydrogens is 268 g/mol. The summed E-state index contributed by atoms with van der Waals surface area (Å²) in [6, 6.07) is 8.06. The molecule has 0 aliphatic rings. The second kappa shape index (κ2) is 5.32. The van der Waals surface area contributed by atoms with Crippen molar-refractivity contribution in [2.45, 2.75) is 12.8 Å². The molecule has 0 unspecified atom stereocenters. The fourth-order valence-corrected chi connectivity index (χ4v) is 1.76. The van der Waals surface area contributed by atoms with Crippen LogP contribution in [-0.4, -0.2) is 29.3 Å². The van der Waals surface area contributed by atoms with Crippen LogP contribution in [0.2, 0.25) is 0 Å². The number of aromatic nitrogens is 1. The number of benzene rings is 1. The van der Waals surface area contributed by atoms with Crippen LogP contribution in [0.15, 0.2) is 36.5 Å². The van der Waals surface area contributed by atoms with Crippen molar-refractivity contribution in [2.75, 3.05) is 6.61 Å². The van der Waals surface area contributed by atoms with Crippen LogP contribution < -0.4 is 0 Å². The highest BCUT2D eigenvalue weighted by Crippen LogP contribution is 2.25. The molecule has 6 heteroatoms. The van der Waals surface area contributed by atoms with Crippen molar-refractivity contribution < 1.29 is 23.1 Å². The monoisotopic (exact) mass is 279 g/mol. The lowest BCUT2D eigenvalue weighted by atomic mass is 10.0. The number of nitrogens with zero attached hydrogens (tertiary/aromatic N) is 1. The van der Waals surface area contributed by atoms with Gasteiger partial charge in [0, 0.05) is 11.6 Å². The Balaban J connectivity index is 2.48. The average Bonchev–Trinajstić information content (AvgIpc) is 2.46. The standard InChI is InChI=1S/C14H11F2NO3/c1-2-20-13(19)14(15,16)12(18)11-10-6-4-3-5-9(10)7-8-17-11/h3-8H,2H2,1H3. The molecule has 0 aliphatic carbocycles. The van der Waals surface area contributed by atoms with Crippen LogP contribution in [0.5, 0.6) is 0 Å². The molecular formula is C14H11F2NO3. The van der Waals surface area contributed by atoms with E-state index in [9.17, 15) is 18.4 Å². The van der Waals surface area contributed by atoms with Gasteiger partial charge in [0.05, 0.1) is 6.61 Å². The number of ether oxygens (including phenoxy) is 1. The van der Waals surface area contributed by atoms with Crippen LogP contribution in [-0.2, 0) is 9.53 Å². The van der Waals surface area contributed by atoms with Crippen molar-refractivity contribution in [3.8, 4) is 0 Å². The van der Waals surface area contributed by atoms with Gasteiger partial charge in [-0.15, -0.1) is 0 Å². The number of Topliss-reactive ketones (excluding diaryl/α,β-unsaturated/α-hetero) is 1. The molecule has 0 radical (unpaired) electrons. The van der Waals surface area contributed by atoms with Gasteiger partial charge in [-0.3, -0.25) is 9.78 Å². The van der Waals surface area contributed by atoms with Gasteiger partial charge in [0.25, 0.3) is 5.78 Å². The summed E-state index contributed by atoms with van der Waals surface area (Å²) in [6.45, 7) is 1.15. The van der Waals surface area contributed by atoms with Gasteiger partial charge in [0.15, 0.2) is 0 Å². The summed E-state index contributed by atoms with van der Waals surface area (Å²) in [5, 5.41) is 0.856. The number of carbonyl (C=O) groups excluding carboxylic acids is 2. The summed E-state index contributed by atoms with van der Waals surface area (Å²) in [4.78, 5) is 26.8. The number of esters is 1. The van der Waals surface area contributed by atoms with Gasteiger partial charge in [0.1, 0.15) is 5.69 Å². The Morgan fingerprint density at radius 3 is 2.65 bits per heavy atom. The maximum Gasteiger partial charge on any atom is 0.405 e. The molecule has 0 aliphatic heterocycles. The van der Waals surface area contributed by atoms with E-state index in [1.165, 1.54) is 19.2 Å². The van der Waals surface area contributed by atoms with Crippen molar-refractivity contribution in [3.63, 3.8) is 0 Å². The van der Waals surface area contributed by atoms with E-state index in [0.717, 1.165) is 0 Å². The van der Waals surface area contributed by atoms with E-state index in [2.05, 4.69) is 9.72 Å². The molecule has 0 saturated carbocycles. The molecule has 0 N–H and O–H groups in total. The number of hydrogen-bond acceptors (Lipinski definition) is 4. The van der Waals surface area contributed by atoms with E-state index >= 15 is 0 Å². The summed E-state index contributed by atoms with van der Waals surface area (Å²) in [5.41, 5.74) is -0.443. The third-order valence-corrected chi connectivity index (χ3v) is 2.71. The first kappa shape index (κ1) is 14.0. The Labute approximate surface area is 113 Å². The minimum absolute atomic E-state index is 0.231.